The van der Waals surface area contributed by atoms with Crippen molar-refractivity contribution in [1.29, 1.82) is 0 Å². The Morgan fingerprint density at radius 3 is 2.83 bits per heavy atom. The van der Waals surface area contributed by atoms with Crippen LogP contribution in [0, 0.1) is 0 Å². The second-order valence-electron chi connectivity index (χ2n) is 2.62. The zero-order valence-electron chi connectivity index (χ0n) is 6.91. The maximum Gasteiger partial charge on any atom is 0.239 e. The van der Waals surface area contributed by atoms with Crippen molar-refractivity contribution >= 4 is 5.95 Å². The van der Waals surface area contributed by atoms with Crippen LogP contribution in [0.2, 0.25) is 0 Å². The van der Waals surface area contributed by atoms with Crippen molar-refractivity contribution in [3.05, 3.63) is 6.33 Å². The molecule has 0 saturated carbocycles. The zero-order valence-corrected chi connectivity index (χ0v) is 6.91. The van der Waals surface area contributed by atoms with E-state index in [0.29, 0.717) is 12.4 Å². The van der Waals surface area contributed by atoms with Gasteiger partial charge in [0, 0.05) is 6.54 Å². The Morgan fingerprint density at radius 2 is 2.25 bits per heavy atom. The number of anilines is 1. The van der Waals surface area contributed by atoms with Crippen LogP contribution in [0.5, 0.6) is 0 Å². The van der Waals surface area contributed by atoms with E-state index >= 15 is 0 Å². The summed E-state index contributed by atoms with van der Waals surface area (Å²) >= 11 is 0. The van der Waals surface area contributed by atoms with E-state index < -0.39 is 0 Å². The molecule has 4 nitrogen and oxygen atoms in total. The van der Waals surface area contributed by atoms with Gasteiger partial charge in [0.05, 0.1) is 6.67 Å². The van der Waals surface area contributed by atoms with Gasteiger partial charge in [-0.2, -0.15) is 0 Å². The maximum atomic E-state index is 11.7. The molecule has 1 rings (SSSR count). The van der Waals surface area contributed by atoms with Gasteiger partial charge in [-0.1, -0.05) is 0 Å². The van der Waals surface area contributed by atoms with E-state index in [9.17, 15) is 4.39 Å². The number of unbranched alkanes of at least 4 members (excludes halogenated alkanes) is 2. The Bertz CT molecular complexity index is 223. The van der Waals surface area contributed by atoms with Crippen LogP contribution in [-0.2, 0) is 6.54 Å². The number of nitrogen functional groups attached to an aromatic ring is 1. The number of rotatable bonds is 5. The molecular formula is C7H13FN4. The standard InChI is InChI=1S/C7H13FN4/c8-4-2-1-3-5-12-6-10-7(9)11-12/h6H,1-5H2,(H2,9,11). The summed E-state index contributed by atoms with van der Waals surface area (Å²) in [6.45, 7) is 0.531. The molecule has 1 heterocycles. The summed E-state index contributed by atoms with van der Waals surface area (Å²) in [6.07, 6.45) is 4.03. The van der Waals surface area contributed by atoms with Crippen LogP contribution >= 0.6 is 0 Å². The van der Waals surface area contributed by atoms with E-state index in [-0.39, 0.29) is 6.67 Å². The van der Waals surface area contributed by atoms with Crippen molar-refractivity contribution in [3.63, 3.8) is 0 Å². The Balaban J connectivity index is 2.15. The van der Waals surface area contributed by atoms with Crippen LogP contribution in [0.1, 0.15) is 19.3 Å². The number of alkyl halides is 1. The van der Waals surface area contributed by atoms with Gasteiger partial charge in [0.15, 0.2) is 0 Å². The van der Waals surface area contributed by atoms with Crippen molar-refractivity contribution in [2.24, 2.45) is 0 Å². The van der Waals surface area contributed by atoms with Gasteiger partial charge in [-0.25, -0.2) is 4.98 Å². The van der Waals surface area contributed by atoms with Gasteiger partial charge in [-0.05, 0) is 19.3 Å². The van der Waals surface area contributed by atoms with Gasteiger partial charge in [-0.15, -0.1) is 5.10 Å². The molecule has 0 aliphatic heterocycles. The van der Waals surface area contributed by atoms with Gasteiger partial charge in [0.2, 0.25) is 5.95 Å². The van der Waals surface area contributed by atoms with Gasteiger partial charge in [0.25, 0.3) is 0 Å². The van der Waals surface area contributed by atoms with Crippen molar-refractivity contribution in [3.8, 4) is 0 Å². The molecule has 0 fully saturated rings. The van der Waals surface area contributed by atoms with E-state index in [1.807, 2.05) is 0 Å². The molecule has 1 aromatic heterocycles. The molecule has 0 radical (unpaired) electrons. The number of hydrogen-bond acceptors (Lipinski definition) is 3. The molecule has 2 N–H and O–H groups in total. The maximum absolute atomic E-state index is 11.7. The summed E-state index contributed by atoms with van der Waals surface area (Å²) in [5.74, 6) is 0.292. The average molecular weight is 172 g/mol. The lowest BCUT2D eigenvalue weighted by Gasteiger charge is -1.97. The first-order chi connectivity index (χ1) is 5.83. The number of hydrogen-bond donors (Lipinski definition) is 1. The van der Waals surface area contributed by atoms with Crippen LogP contribution < -0.4 is 5.73 Å². The molecule has 0 saturated heterocycles. The Labute approximate surface area is 70.6 Å². The third kappa shape index (κ3) is 2.86. The highest BCUT2D eigenvalue weighted by Crippen LogP contribution is 1.99. The third-order valence-corrected chi connectivity index (χ3v) is 1.58. The average Bonchev–Trinajstić information content (AvgIpc) is 2.45. The SMILES string of the molecule is Nc1ncn(CCCCCF)n1. The number of nitrogens with two attached hydrogens (primary N) is 1. The van der Waals surface area contributed by atoms with Gasteiger partial charge in [-0.3, -0.25) is 9.07 Å². The number of aromatic nitrogens is 3. The first-order valence-electron chi connectivity index (χ1n) is 4.04. The quantitative estimate of drug-likeness (QED) is 0.674. The second-order valence-corrected chi connectivity index (χ2v) is 2.62. The number of aryl methyl sites for hydroxylation is 1. The Hall–Kier alpha value is -1.13. The minimum absolute atomic E-state index is 0.237. The summed E-state index contributed by atoms with van der Waals surface area (Å²) in [7, 11) is 0. The fraction of sp³-hybridized carbons (Fsp3) is 0.714. The summed E-state index contributed by atoms with van der Waals surface area (Å²) in [6, 6.07) is 0. The van der Waals surface area contributed by atoms with Crippen LogP contribution in [-0.4, -0.2) is 21.4 Å². The molecule has 0 amide bonds. The van der Waals surface area contributed by atoms with Crippen molar-refractivity contribution in [2.75, 3.05) is 12.4 Å². The number of halogens is 1. The van der Waals surface area contributed by atoms with Crippen molar-refractivity contribution in [2.45, 2.75) is 25.8 Å². The molecule has 0 atom stereocenters. The normalized spacial score (nSPS) is 10.4. The highest BCUT2D eigenvalue weighted by atomic mass is 19.1. The Kier molecular flexibility index (Phi) is 3.50. The smallest absolute Gasteiger partial charge is 0.239 e. The molecule has 12 heavy (non-hydrogen) atoms. The number of nitrogens with zero attached hydrogens (tertiary/aromatic N) is 3. The summed E-state index contributed by atoms with van der Waals surface area (Å²) in [5, 5.41) is 3.90. The molecule has 0 bridgehead atoms. The Morgan fingerprint density at radius 1 is 1.42 bits per heavy atom. The van der Waals surface area contributed by atoms with E-state index in [1.54, 1.807) is 11.0 Å². The highest BCUT2D eigenvalue weighted by Gasteiger charge is 1.94. The summed E-state index contributed by atoms with van der Waals surface area (Å²) < 4.78 is 13.3. The fourth-order valence-corrected chi connectivity index (χ4v) is 0.962. The third-order valence-electron chi connectivity index (χ3n) is 1.58. The minimum Gasteiger partial charge on any atom is -0.367 e. The first kappa shape index (κ1) is 8.96. The molecule has 0 spiro atoms. The molecule has 0 aliphatic carbocycles. The van der Waals surface area contributed by atoms with Gasteiger partial charge in [0.1, 0.15) is 6.33 Å². The monoisotopic (exact) mass is 172 g/mol. The lowest BCUT2D eigenvalue weighted by Crippen LogP contribution is -1.99. The van der Waals surface area contributed by atoms with E-state index in [0.717, 1.165) is 19.4 Å². The zero-order chi connectivity index (χ0) is 8.81. The molecule has 1 aromatic rings. The molecule has 0 aliphatic rings. The van der Waals surface area contributed by atoms with E-state index in [1.165, 1.54) is 0 Å². The van der Waals surface area contributed by atoms with Crippen LogP contribution in [0.15, 0.2) is 6.33 Å². The second kappa shape index (κ2) is 4.69. The largest absolute Gasteiger partial charge is 0.367 e. The van der Waals surface area contributed by atoms with Crippen LogP contribution in [0.25, 0.3) is 0 Å². The molecular weight excluding hydrogens is 159 g/mol. The predicted octanol–water partition coefficient (Wildman–Crippen LogP) is 1.00. The predicted molar refractivity (Wildman–Crippen MR) is 44.3 cm³/mol. The van der Waals surface area contributed by atoms with Crippen LogP contribution in [0.3, 0.4) is 0 Å². The molecule has 5 heteroatoms. The highest BCUT2D eigenvalue weighted by molar-refractivity contribution is 5.08. The van der Waals surface area contributed by atoms with Gasteiger partial charge < -0.3 is 5.73 Å². The molecule has 0 aromatic carbocycles. The van der Waals surface area contributed by atoms with Crippen LogP contribution in [0.4, 0.5) is 10.3 Å². The fourth-order valence-electron chi connectivity index (χ4n) is 0.962. The lowest BCUT2D eigenvalue weighted by molar-refractivity contribution is 0.443. The topological polar surface area (TPSA) is 56.7 Å². The van der Waals surface area contributed by atoms with E-state index in [2.05, 4.69) is 10.1 Å². The van der Waals surface area contributed by atoms with E-state index in [4.69, 9.17) is 5.73 Å². The van der Waals surface area contributed by atoms with Crippen molar-refractivity contribution < 1.29 is 4.39 Å². The molecule has 68 valence electrons. The molecule has 0 unspecified atom stereocenters. The minimum atomic E-state index is -0.237. The first-order valence-corrected chi connectivity index (χ1v) is 4.04. The summed E-state index contributed by atoms with van der Waals surface area (Å²) in [4.78, 5) is 3.77. The summed E-state index contributed by atoms with van der Waals surface area (Å²) in [5.41, 5.74) is 5.31. The van der Waals surface area contributed by atoms with Crippen molar-refractivity contribution in [1.82, 2.24) is 14.8 Å². The van der Waals surface area contributed by atoms with Gasteiger partial charge >= 0.3 is 0 Å². The lowest BCUT2D eigenvalue weighted by atomic mass is 10.2.